The third-order valence-electron chi connectivity index (χ3n) is 4.27. The first-order valence-corrected chi connectivity index (χ1v) is 8.99. The average Bonchev–Trinajstić information content (AvgIpc) is 2.56. The highest BCUT2D eigenvalue weighted by Gasteiger charge is 2.31. The van der Waals surface area contributed by atoms with Crippen molar-refractivity contribution in [2.75, 3.05) is 13.1 Å². The first kappa shape index (κ1) is 15.2. The Balaban J connectivity index is 1.87. The summed E-state index contributed by atoms with van der Waals surface area (Å²) in [5, 5.41) is 0. The van der Waals surface area contributed by atoms with Crippen LogP contribution in [0.5, 0.6) is 0 Å². The van der Waals surface area contributed by atoms with Gasteiger partial charge >= 0.3 is 0 Å². The highest BCUT2D eigenvalue weighted by Crippen LogP contribution is 2.30. The number of piperidine rings is 1. The fraction of sp³-hybridized carbons (Fsp3) is 0.353. The van der Waals surface area contributed by atoms with Crippen molar-refractivity contribution in [1.29, 1.82) is 0 Å². The summed E-state index contributed by atoms with van der Waals surface area (Å²) >= 11 is 0. The monoisotopic (exact) mass is 316 g/mol. The van der Waals surface area contributed by atoms with Crippen LogP contribution in [0, 0.1) is 6.92 Å². The van der Waals surface area contributed by atoms with Crippen molar-refractivity contribution in [2.45, 2.75) is 30.6 Å². The number of benzene rings is 1. The maximum Gasteiger partial charge on any atom is 0.243 e. The summed E-state index contributed by atoms with van der Waals surface area (Å²) in [6, 6.07) is 11.1. The van der Waals surface area contributed by atoms with Crippen LogP contribution in [0.3, 0.4) is 0 Å². The summed E-state index contributed by atoms with van der Waals surface area (Å²) in [7, 11) is -3.42. The zero-order chi connectivity index (χ0) is 15.6. The molecule has 0 spiro atoms. The van der Waals surface area contributed by atoms with Gasteiger partial charge in [0.2, 0.25) is 10.0 Å². The van der Waals surface area contributed by atoms with E-state index in [0.717, 1.165) is 18.4 Å². The number of pyridine rings is 1. The molecule has 2 aromatic rings. The van der Waals surface area contributed by atoms with Crippen molar-refractivity contribution in [1.82, 2.24) is 9.29 Å². The van der Waals surface area contributed by atoms with E-state index >= 15 is 0 Å². The van der Waals surface area contributed by atoms with E-state index in [9.17, 15) is 8.42 Å². The van der Waals surface area contributed by atoms with E-state index in [-0.39, 0.29) is 5.92 Å². The fourth-order valence-corrected chi connectivity index (χ4v) is 4.80. The van der Waals surface area contributed by atoms with E-state index in [1.807, 2.05) is 31.2 Å². The van der Waals surface area contributed by atoms with E-state index in [0.29, 0.717) is 18.0 Å². The largest absolute Gasteiger partial charge is 0.265 e. The topological polar surface area (TPSA) is 50.3 Å². The number of aryl methyl sites for hydroxylation is 1. The molecule has 0 N–H and O–H groups in total. The lowest BCUT2D eigenvalue weighted by Crippen LogP contribution is -2.39. The summed E-state index contributed by atoms with van der Waals surface area (Å²) in [6.45, 7) is 2.98. The van der Waals surface area contributed by atoms with Crippen molar-refractivity contribution in [2.24, 2.45) is 0 Å². The highest BCUT2D eigenvalue weighted by atomic mass is 32.2. The molecule has 1 atom stereocenters. The van der Waals surface area contributed by atoms with Gasteiger partial charge in [0.1, 0.15) is 0 Å². The third-order valence-corrected chi connectivity index (χ3v) is 6.30. The van der Waals surface area contributed by atoms with Crippen LogP contribution < -0.4 is 0 Å². The molecule has 4 nitrogen and oxygen atoms in total. The van der Waals surface area contributed by atoms with Crippen LogP contribution in [0.1, 0.15) is 29.9 Å². The quantitative estimate of drug-likeness (QED) is 0.875. The van der Waals surface area contributed by atoms with E-state index in [2.05, 4.69) is 4.98 Å². The molecule has 1 fully saturated rings. The van der Waals surface area contributed by atoms with Gasteiger partial charge in [-0.2, -0.15) is 4.31 Å². The van der Waals surface area contributed by atoms with Gasteiger partial charge in [0.05, 0.1) is 4.90 Å². The minimum atomic E-state index is -3.42. The second kappa shape index (κ2) is 6.18. The molecule has 0 bridgehead atoms. The van der Waals surface area contributed by atoms with Crippen molar-refractivity contribution in [3.63, 3.8) is 0 Å². The number of aromatic nitrogens is 1. The van der Waals surface area contributed by atoms with Crippen molar-refractivity contribution in [3.8, 4) is 0 Å². The maximum absolute atomic E-state index is 12.9. The Morgan fingerprint density at radius 3 is 2.59 bits per heavy atom. The van der Waals surface area contributed by atoms with Crippen LogP contribution in [0.2, 0.25) is 0 Å². The molecular formula is C17H20N2O2S. The van der Waals surface area contributed by atoms with Gasteiger partial charge in [0, 0.05) is 25.5 Å². The van der Waals surface area contributed by atoms with E-state index < -0.39 is 10.0 Å². The number of nitrogens with zero attached hydrogens (tertiary/aromatic N) is 2. The Kier molecular flexibility index (Phi) is 4.27. The van der Waals surface area contributed by atoms with Gasteiger partial charge in [-0.05, 0) is 55.0 Å². The standard InChI is InChI=1S/C17H20N2O2S/c1-14-5-2-3-7-17(14)22(20,21)19-12-4-6-16(13-19)15-8-10-18-11-9-15/h2-3,5,7-11,16H,4,6,12-13H2,1H3. The SMILES string of the molecule is Cc1ccccc1S(=O)(=O)N1CCCC(c2ccncc2)C1. The summed E-state index contributed by atoms with van der Waals surface area (Å²) in [5.41, 5.74) is 1.97. The first-order chi connectivity index (χ1) is 10.6. The van der Waals surface area contributed by atoms with E-state index in [1.165, 1.54) is 5.56 Å². The van der Waals surface area contributed by atoms with Crippen molar-refractivity contribution >= 4 is 10.0 Å². The van der Waals surface area contributed by atoms with Gasteiger partial charge in [-0.15, -0.1) is 0 Å². The molecule has 1 aliphatic rings. The zero-order valence-corrected chi connectivity index (χ0v) is 13.5. The number of sulfonamides is 1. The minimum absolute atomic E-state index is 0.246. The predicted octanol–water partition coefficient (Wildman–Crippen LogP) is 2.96. The molecule has 5 heteroatoms. The van der Waals surface area contributed by atoms with Crippen molar-refractivity contribution < 1.29 is 8.42 Å². The van der Waals surface area contributed by atoms with Gasteiger partial charge in [0.25, 0.3) is 0 Å². The molecule has 1 aromatic carbocycles. The molecule has 1 saturated heterocycles. The van der Waals surface area contributed by atoms with Crippen LogP contribution in [0.15, 0.2) is 53.7 Å². The maximum atomic E-state index is 12.9. The van der Waals surface area contributed by atoms with Gasteiger partial charge in [0.15, 0.2) is 0 Å². The molecule has 0 radical (unpaired) electrons. The number of hydrogen-bond donors (Lipinski definition) is 0. The fourth-order valence-electron chi connectivity index (χ4n) is 3.05. The Labute approximate surface area is 131 Å². The van der Waals surface area contributed by atoms with Crippen LogP contribution in [0.25, 0.3) is 0 Å². The molecule has 0 saturated carbocycles. The molecular weight excluding hydrogens is 296 g/mol. The second-order valence-corrected chi connectivity index (χ2v) is 7.65. The molecule has 3 rings (SSSR count). The van der Waals surface area contributed by atoms with Gasteiger partial charge < -0.3 is 0 Å². The summed E-state index contributed by atoms with van der Waals surface area (Å²) in [5.74, 6) is 0.246. The van der Waals surface area contributed by atoms with Gasteiger partial charge in [-0.3, -0.25) is 4.98 Å². The average molecular weight is 316 g/mol. The molecule has 0 aliphatic carbocycles. The van der Waals surface area contributed by atoms with Gasteiger partial charge in [-0.1, -0.05) is 18.2 Å². The van der Waals surface area contributed by atoms with Crippen LogP contribution in [0.4, 0.5) is 0 Å². The zero-order valence-electron chi connectivity index (χ0n) is 12.6. The Hall–Kier alpha value is -1.72. The van der Waals surface area contributed by atoms with Crippen LogP contribution in [-0.4, -0.2) is 30.8 Å². The lowest BCUT2D eigenvalue weighted by Gasteiger charge is -2.32. The highest BCUT2D eigenvalue weighted by molar-refractivity contribution is 7.89. The predicted molar refractivity (Wildman–Crippen MR) is 86.1 cm³/mol. The first-order valence-electron chi connectivity index (χ1n) is 7.55. The van der Waals surface area contributed by atoms with Crippen LogP contribution in [-0.2, 0) is 10.0 Å². The second-order valence-electron chi connectivity index (χ2n) is 5.75. The van der Waals surface area contributed by atoms with Crippen LogP contribution >= 0.6 is 0 Å². The molecule has 0 amide bonds. The summed E-state index contributed by atoms with van der Waals surface area (Å²) in [6.07, 6.45) is 5.44. The molecule has 1 unspecified atom stereocenters. The Morgan fingerprint density at radius 1 is 1.14 bits per heavy atom. The van der Waals surface area contributed by atoms with Gasteiger partial charge in [-0.25, -0.2) is 8.42 Å². The minimum Gasteiger partial charge on any atom is -0.265 e. The normalized spacial score (nSPS) is 20.0. The van der Waals surface area contributed by atoms with E-state index in [1.54, 1.807) is 28.8 Å². The smallest absolute Gasteiger partial charge is 0.243 e. The summed E-state index contributed by atoms with van der Waals surface area (Å²) < 4.78 is 27.4. The Bertz CT molecular complexity index is 744. The molecule has 1 aromatic heterocycles. The van der Waals surface area contributed by atoms with Crippen molar-refractivity contribution in [3.05, 3.63) is 59.9 Å². The molecule has 116 valence electrons. The Morgan fingerprint density at radius 2 is 1.86 bits per heavy atom. The number of rotatable bonds is 3. The van der Waals surface area contributed by atoms with E-state index in [4.69, 9.17) is 0 Å². The lowest BCUT2D eigenvalue weighted by atomic mass is 9.92. The lowest BCUT2D eigenvalue weighted by molar-refractivity contribution is 0.315. The molecule has 1 aliphatic heterocycles. The molecule has 2 heterocycles. The molecule has 22 heavy (non-hydrogen) atoms. The number of hydrogen-bond acceptors (Lipinski definition) is 3. The third kappa shape index (κ3) is 2.91. The summed E-state index contributed by atoms with van der Waals surface area (Å²) in [4.78, 5) is 4.46.